The summed E-state index contributed by atoms with van der Waals surface area (Å²) in [7, 11) is -3.39. The summed E-state index contributed by atoms with van der Waals surface area (Å²) in [5.74, 6) is 0.619. The van der Waals surface area contributed by atoms with Crippen molar-refractivity contribution in [3.63, 3.8) is 0 Å². The van der Waals surface area contributed by atoms with Gasteiger partial charge in [-0.25, -0.2) is 13.4 Å². The normalized spacial score (nSPS) is 16.9. The highest BCUT2D eigenvalue weighted by atomic mass is 79.9. The Kier molecular flexibility index (Phi) is 3.37. The molecule has 0 saturated heterocycles. The average molecular weight is 308 g/mol. The smallest absolute Gasteiger partial charge is 0.260 e. The van der Waals surface area contributed by atoms with E-state index in [2.05, 4.69) is 25.9 Å². The van der Waals surface area contributed by atoms with E-state index in [1.807, 2.05) is 0 Å². The number of rotatable bonds is 5. The number of nitrogens with one attached hydrogen (secondary N) is 1. The lowest BCUT2D eigenvalue weighted by atomic mass is 10.6. The zero-order valence-corrected chi connectivity index (χ0v) is 11.4. The molecule has 0 amide bonds. The van der Waals surface area contributed by atoms with Crippen LogP contribution in [-0.4, -0.2) is 40.6 Å². The highest BCUT2D eigenvalue weighted by molar-refractivity contribution is 9.09. The summed E-state index contributed by atoms with van der Waals surface area (Å²) >= 11 is 3.28. The Morgan fingerprint density at radius 2 is 2.31 bits per heavy atom. The first-order chi connectivity index (χ1) is 7.55. The summed E-state index contributed by atoms with van der Waals surface area (Å²) in [4.78, 5) is 6.71. The molecule has 0 atom stereocenters. The number of nitrogens with zero attached hydrogens (tertiary/aromatic N) is 2. The van der Waals surface area contributed by atoms with E-state index in [1.165, 1.54) is 6.20 Å². The van der Waals surface area contributed by atoms with Gasteiger partial charge in [-0.1, -0.05) is 15.9 Å². The van der Waals surface area contributed by atoms with Crippen molar-refractivity contribution >= 4 is 26.0 Å². The first-order valence-electron chi connectivity index (χ1n) is 5.15. The van der Waals surface area contributed by atoms with Crippen molar-refractivity contribution in [1.82, 2.24) is 14.3 Å². The fraction of sp³-hybridized carbons (Fsp3) is 0.667. The van der Waals surface area contributed by atoms with Crippen molar-refractivity contribution in [1.29, 1.82) is 0 Å². The molecule has 0 bridgehead atoms. The topological polar surface area (TPSA) is 66.1 Å². The van der Waals surface area contributed by atoms with Gasteiger partial charge in [0.15, 0.2) is 5.03 Å². The number of halogens is 1. The molecule has 1 aromatic heterocycles. The van der Waals surface area contributed by atoms with Gasteiger partial charge >= 0.3 is 0 Å². The maximum absolute atomic E-state index is 12.3. The molecule has 5 nitrogen and oxygen atoms in total. The van der Waals surface area contributed by atoms with Crippen LogP contribution in [0.3, 0.4) is 0 Å². The fourth-order valence-electron chi connectivity index (χ4n) is 1.60. The van der Waals surface area contributed by atoms with Gasteiger partial charge in [-0.3, -0.25) is 0 Å². The zero-order chi connectivity index (χ0) is 11.8. The summed E-state index contributed by atoms with van der Waals surface area (Å²) in [6.07, 6.45) is 3.30. The summed E-state index contributed by atoms with van der Waals surface area (Å²) in [6, 6.07) is 0.172. The number of aromatic amines is 1. The molecule has 0 aromatic carbocycles. The largest absolute Gasteiger partial charge is 0.332 e. The third-order valence-electron chi connectivity index (χ3n) is 2.53. The van der Waals surface area contributed by atoms with Crippen LogP contribution in [0, 0.1) is 6.92 Å². The molecule has 0 unspecified atom stereocenters. The Morgan fingerprint density at radius 3 is 2.75 bits per heavy atom. The number of H-pyrrole nitrogens is 1. The Labute approximate surface area is 103 Å². The minimum atomic E-state index is -3.39. The van der Waals surface area contributed by atoms with Crippen molar-refractivity contribution < 1.29 is 8.42 Å². The Bertz CT molecular complexity index is 467. The van der Waals surface area contributed by atoms with E-state index >= 15 is 0 Å². The van der Waals surface area contributed by atoms with Crippen LogP contribution in [0.4, 0.5) is 0 Å². The average Bonchev–Trinajstić information content (AvgIpc) is 2.96. The molecule has 0 spiro atoms. The predicted octanol–water partition coefficient (Wildman–Crippen LogP) is 1.27. The van der Waals surface area contributed by atoms with Crippen molar-refractivity contribution in [3.05, 3.63) is 12.0 Å². The van der Waals surface area contributed by atoms with Gasteiger partial charge in [0.05, 0.1) is 6.20 Å². The van der Waals surface area contributed by atoms with E-state index in [-0.39, 0.29) is 11.1 Å². The third-order valence-corrected chi connectivity index (χ3v) is 4.74. The first kappa shape index (κ1) is 12.1. The second-order valence-corrected chi connectivity index (χ2v) is 6.52. The van der Waals surface area contributed by atoms with Crippen molar-refractivity contribution in [2.24, 2.45) is 0 Å². The molecule has 2 rings (SSSR count). The lowest BCUT2D eigenvalue weighted by molar-refractivity contribution is 0.422. The van der Waals surface area contributed by atoms with Gasteiger partial charge in [-0.2, -0.15) is 4.31 Å². The molecule has 1 aliphatic rings. The van der Waals surface area contributed by atoms with Crippen molar-refractivity contribution in [2.45, 2.75) is 30.8 Å². The molecule has 1 aromatic rings. The van der Waals surface area contributed by atoms with Crippen LogP contribution in [0.2, 0.25) is 0 Å². The molecule has 0 aliphatic heterocycles. The van der Waals surface area contributed by atoms with E-state index in [0.717, 1.165) is 12.8 Å². The van der Waals surface area contributed by atoms with Gasteiger partial charge < -0.3 is 4.98 Å². The predicted molar refractivity (Wildman–Crippen MR) is 64.0 cm³/mol. The van der Waals surface area contributed by atoms with E-state index in [9.17, 15) is 8.42 Å². The van der Waals surface area contributed by atoms with Crippen LogP contribution in [0.1, 0.15) is 18.7 Å². The summed E-state index contributed by atoms with van der Waals surface area (Å²) < 4.78 is 26.1. The van der Waals surface area contributed by atoms with Crippen molar-refractivity contribution in [3.8, 4) is 0 Å². The van der Waals surface area contributed by atoms with Crippen LogP contribution in [0.5, 0.6) is 0 Å². The number of aromatic nitrogens is 2. The highest BCUT2D eigenvalue weighted by Crippen LogP contribution is 2.31. The highest BCUT2D eigenvalue weighted by Gasteiger charge is 2.38. The summed E-state index contributed by atoms with van der Waals surface area (Å²) in [5.41, 5.74) is 0. The van der Waals surface area contributed by atoms with Crippen LogP contribution >= 0.6 is 15.9 Å². The number of hydrogen-bond donors (Lipinski definition) is 1. The molecular formula is C9H14BrN3O2S. The second-order valence-electron chi connectivity index (χ2n) is 3.87. The SMILES string of the molecule is Cc1ncc(S(=O)(=O)N(CCBr)C2CC2)[nH]1. The van der Waals surface area contributed by atoms with Crippen LogP contribution in [0.15, 0.2) is 11.2 Å². The van der Waals surface area contributed by atoms with E-state index < -0.39 is 10.0 Å². The van der Waals surface area contributed by atoms with E-state index in [0.29, 0.717) is 17.7 Å². The molecule has 1 heterocycles. The molecule has 1 fully saturated rings. The lowest BCUT2D eigenvalue weighted by Crippen LogP contribution is -2.34. The van der Waals surface area contributed by atoms with Gasteiger partial charge in [0.25, 0.3) is 10.0 Å². The van der Waals surface area contributed by atoms with Crippen LogP contribution < -0.4 is 0 Å². The van der Waals surface area contributed by atoms with Gasteiger partial charge in [0.1, 0.15) is 5.82 Å². The second kappa shape index (κ2) is 4.46. The number of aryl methyl sites for hydroxylation is 1. The Morgan fingerprint density at radius 1 is 1.62 bits per heavy atom. The minimum absolute atomic E-state index is 0.172. The number of hydrogen-bond acceptors (Lipinski definition) is 3. The Balaban J connectivity index is 2.28. The fourth-order valence-corrected chi connectivity index (χ4v) is 3.87. The number of alkyl halides is 1. The molecule has 1 aliphatic carbocycles. The van der Waals surface area contributed by atoms with E-state index in [1.54, 1.807) is 11.2 Å². The molecule has 16 heavy (non-hydrogen) atoms. The lowest BCUT2D eigenvalue weighted by Gasteiger charge is -2.19. The molecule has 90 valence electrons. The number of sulfonamides is 1. The quantitative estimate of drug-likeness (QED) is 0.833. The molecular weight excluding hydrogens is 294 g/mol. The van der Waals surface area contributed by atoms with Gasteiger partial charge in [-0.05, 0) is 19.8 Å². The van der Waals surface area contributed by atoms with Crippen LogP contribution in [0.25, 0.3) is 0 Å². The van der Waals surface area contributed by atoms with Gasteiger partial charge in [0.2, 0.25) is 0 Å². The molecule has 7 heteroatoms. The summed E-state index contributed by atoms with van der Waals surface area (Å²) in [6.45, 7) is 2.25. The van der Waals surface area contributed by atoms with Crippen LogP contribution in [-0.2, 0) is 10.0 Å². The molecule has 0 radical (unpaired) electrons. The monoisotopic (exact) mass is 307 g/mol. The molecule has 1 N–H and O–H groups in total. The van der Waals surface area contributed by atoms with E-state index in [4.69, 9.17) is 0 Å². The zero-order valence-electron chi connectivity index (χ0n) is 8.98. The third kappa shape index (κ3) is 2.31. The number of imidazole rings is 1. The minimum Gasteiger partial charge on any atom is -0.332 e. The van der Waals surface area contributed by atoms with Crippen molar-refractivity contribution in [2.75, 3.05) is 11.9 Å². The molecule has 1 saturated carbocycles. The first-order valence-corrected chi connectivity index (χ1v) is 7.71. The maximum atomic E-state index is 12.3. The maximum Gasteiger partial charge on any atom is 0.260 e. The standard InChI is InChI=1S/C9H14BrN3O2S/c1-7-11-6-9(12-7)16(14,15)13(5-4-10)8-2-3-8/h6,8H,2-5H2,1H3,(H,11,12). The summed E-state index contributed by atoms with van der Waals surface area (Å²) in [5, 5.41) is 0.841. The Hall–Kier alpha value is -0.400. The van der Waals surface area contributed by atoms with Gasteiger partial charge in [-0.15, -0.1) is 0 Å². The van der Waals surface area contributed by atoms with Gasteiger partial charge in [0, 0.05) is 17.9 Å².